The monoisotopic (exact) mass is 279 g/mol. The third kappa shape index (κ3) is 1.99. The summed E-state index contributed by atoms with van der Waals surface area (Å²) in [6, 6.07) is 7.11. The van der Waals surface area contributed by atoms with E-state index in [4.69, 9.17) is 0 Å². The molecule has 102 valence electrons. The largest absolute Gasteiger partial charge is 0.508 e. The molecule has 2 aliphatic rings. The molecular weight excluding hydrogens is 271 g/mol. The van der Waals surface area contributed by atoms with Crippen molar-refractivity contribution in [3.05, 3.63) is 52.2 Å². The second-order valence-electron chi connectivity index (χ2n) is 4.47. The first kappa shape index (κ1) is 12.5. The summed E-state index contributed by atoms with van der Waals surface area (Å²) in [6.45, 7) is 0. The van der Waals surface area contributed by atoms with E-state index < -0.39 is 17.2 Å². The summed E-state index contributed by atoms with van der Waals surface area (Å²) in [5.74, 6) is -0.231. The van der Waals surface area contributed by atoms with Gasteiger partial charge in [0.15, 0.2) is 5.43 Å². The number of hydrogen-bond acceptors (Lipinski definition) is 2. The first-order valence-corrected chi connectivity index (χ1v) is 5.71. The van der Waals surface area contributed by atoms with Gasteiger partial charge in [0.2, 0.25) is 0 Å². The normalized spacial score (nSPS) is 12.2. The molecule has 1 aromatic rings. The highest BCUT2D eigenvalue weighted by atomic mass is 19.4. The number of phenols is 1. The Bertz CT molecular complexity index is 836. The third-order valence-corrected chi connectivity index (χ3v) is 3.08. The van der Waals surface area contributed by atoms with Crippen LogP contribution in [-0.4, -0.2) is 10.1 Å². The number of alkyl halides is 3. The van der Waals surface area contributed by atoms with Gasteiger partial charge in [-0.25, -0.2) is 0 Å². The lowest BCUT2D eigenvalue weighted by Crippen LogP contribution is -2.07. The molecule has 0 amide bonds. The maximum atomic E-state index is 12.7. The minimum atomic E-state index is -4.43. The van der Waals surface area contributed by atoms with E-state index in [0.717, 1.165) is 18.2 Å². The van der Waals surface area contributed by atoms with Crippen LogP contribution >= 0.6 is 0 Å². The van der Waals surface area contributed by atoms with E-state index in [9.17, 15) is 23.1 Å². The maximum Gasteiger partial charge on any atom is 0.416 e. The quantitative estimate of drug-likeness (QED) is 0.620. The number of halogens is 3. The number of pyridine rings is 1. The van der Waals surface area contributed by atoms with Crippen LogP contribution < -0.4 is 5.43 Å². The van der Waals surface area contributed by atoms with Crippen molar-refractivity contribution >= 4 is 10.9 Å². The molecule has 20 heavy (non-hydrogen) atoms. The van der Waals surface area contributed by atoms with Crippen molar-refractivity contribution in [2.75, 3.05) is 0 Å². The number of aromatic nitrogens is 1. The molecule has 0 unspecified atom stereocenters. The van der Waals surface area contributed by atoms with Crippen LogP contribution in [0.2, 0.25) is 0 Å². The Morgan fingerprint density at radius 2 is 1.80 bits per heavy atom. The highest BCUT2D eigenvalue weighted by Gasteiger charge is 2.30. The van der Waals surface area contributed by atoms with Gasteiger partial charge in [-0.1, -0.05) is 6.07 Å². The van der Waals surface area contributed by atoms with Crippen LogP contribution in [0.5, 0.6) is 5.75 Å². The number of phenolic OH excluding ortho intramolecular Hbond substituents is 1. The van der Waals surface area contributed by atoms with E-state index in [-0.39, 0.29) is 11.3 Å². The van der Waals surface area contributed by atoms with Gasteiger partial charge in [0.05, 0.1) is 11.3 Å². The average molecular weight is 279 g/mol. The molecule has 2 N–H and O–H groups in total. The molecule has 0 saturated carbocycles. The fourth-order valence-corrected chi connectivity index (χ4v) is 2.13. The molecule has 0 saturated heterocycles. The van der Waals surface area contributed by atoms with Crippen molar-refractivity contribution in [3.63, 3.8) is 0 Å². The topological polar surface area (TPSA) is 53.1 Å². The summed E-state index contributed by atoms with van der Waals surface area (Å²) < 4.78 is 38.0. The van der Waals surface area contributed by atoms with Gasteiger partial charge in [0.1, 0.15) is 5.75 Å². The third-order valence-electron chi connectivity index (χ3n) is 3.08. The minimum Gasteiger partial charge on any atom is -0.508 e. The molecule has 1 heterocycles. The van der Waals surface area contributed by atoms with Gasteiger partial charge in [-0.2, -0.15) is 13.2 Å². The highest BCUT2D eigenvalue weighted by Crippen LogP contribution is 2.32. The van der Waals surface area contributed by atoms with Crippen molar-refractivity contribution in [2.24, 2.45) is 0 Å². The van der Waals surface area contributed by atoms with Crippen LogP contribution in [0.3, 0.4) is 0 Å². The number of hydrogen-bond donors (Lipinski definition) is 2. The zero-order valence-corrected chi connectivity index (χ0v) is 9.95. The van der Waals surface area contributed by atoms with Gasteiger partial charge in [0, 0.05) is 23.2 Å². The lowest BCUT2D eigenvalue weighted by atomic mass is 10.0. The standard InChI is InChI=1S/C14H8F3NO2/c15-14(16,17)8-2-1-7-3-10-12(18-11(7)4-8)5-9(19)6-13(10)20/h1-6,18-19H. The lowest BCUT2D eigenvalue weighted by Gasteiger charge is -2.11. The Morgan fingerprint density at radius 1 is 1.05 bits per heavy atom. The van der Waals surface area contributed by atoms with E-state index in [2.05, 4.69) is 4.98 Å². The molecule has 1 aliphatic carbocycles. The van der Waals surface area contributed by atoms with E-state index in [1.807, 2.05) is 0 Å². The number of nitrogens with one attached hydrogen (secondary N) is 1. The zero-order valence-electron chi connectivity index (χ0n) is 9.95. The predicted octanol–water partition coefficient (Wildman–Crippen LogP) is 3.36. The van der Waals surface area contributed by atoms with Gasteiger partial charge >= 0.3 is 6.18 Å². The number of aromatic hydroxyl groups is 1. The fraction of sp³-hybridized carbons (Fsp3) is 0.0714. The second-order valence-corrected chi connectivity index (χ2v) is 4.47. The molecule has 0 atom stereocenters. The Labute approximate surface area is 110 Å². The van der Waals surface area contributed by atoms with Crippen LogP contribution in [-0.2, 0) is 6.18 Å². The molecule has 3 nitrogen and oxygen atoms in total. The molecule has 0 radical (unpaired) electrons. The minimum absolute atomic E-state index is 0.231. The van der Waals surface area contributed by atoms with Crippen molar-refractivity contribution in [3.8, 4) is 17.0 Å². The van der Waals surface area contributed by atoms with E-state index in [1.54, 1.807) is 0 Å². The Balaban J connectivity index is 2.35. The van der Waals surface area contributed by atoms with Crippen LogP contribution in [0.1, 0.15) is 5.56 Å². The lowest BCUT2D eigenvalue weighted by molar-refractivity contribution is -0.137. The first-order valence-electron chi connectivity index (χ1n) is 5.71. The number of rotatable bonds is 0. The Hall–Kier alpha value is -2.50. The van der Waals surface area contributed by atoms with Gasteiger partial charge < -0.3 is 10.1 Å². The summed E-state index contributed by atoms with van der Waals surface area (Å²) >= 11 is 0. The van der Waals surface area contributed by atoms with Crippen molar-refractivity contribution in [1.29, 1.82) is 0 Å². The van der Waals surface area contributed by atoms with E-state index in [0.29, 0.717) is 16.6 Å². The number of H-pyrrole nitrogens is 1. The fourth-order valence-electron chi connectivity index (χ4n) is 2.13. The number of aromatic amines is 1. The van der Waals surface area contributed by atoms with Gasteiger partial charge in [0.25, 0.3) is 0 Å². The van der Waals surface area contributed by atoms with Crippen LogP contribution in [0.15, 0.2) is 41.2 Å². The zero-order chi connectivity index (χ0) is 14.5. The van der Waals surface area contributed by atoms with Crippen LogP contribution in [0.25, 0.3) is 22.2 Å². The molecule has 0 fully saturated rings. The van der Waals surface area contributed by atoms with Crippen molar-refractivity contribution in [2.45, 2.75) is 6.18 Å². The Morgan fingerprint density at radius 3 is 2.50 bits per heavy atom. The summed E-state index contributed by atoms with van der Waals surface area (Å²) in [4.78, 5) is 14.5. The molecule has 3 rings (SSSR count). The summed E-state index contributed by atoms with van der Waals surface area (Å²) in [7, 11) is 0. The van der Waals surface area contributed by atoms with Crippen molar-refractivity contribution < 1.29 is 18.3 Å². The van der Waals surface area contributed by atoms with Crippen LogP contribution in [0.4, 0.5) is 13.2 Å². The van der Waals surface area contributed by atoms with Crippen LogP contribution in [0, 0.1) is 0 Å². The Kier molecular flexibility index (Phi) is 2.50. The smallest absolute Gasteiger partial charge is 0.416 e. The molecular formula is C14H8F3NO2. The van der Waals surface area contributed by atoms with E-state index in [1.165, 1.54) is 18.2 Å². The second kappa shape index (κ2) is 4.00. The SMILES string of the molecule is O=c1cc(O)cc2[nH]c3cc(C(F)(F)F)ccc3cc1-2. The summed E-state index contributed by atoms with van der Waals surface area (Å²) in [5, 5.41) is 9.86. The number of fused-ring (bicyclic) bond motifs is 2. The summed E-state index contributed by atoms with van der Waals surface area (Å²) in [6.07, 6.45) is -4.43. The molecule has 1 aliphatic heterocycles. The molecule has 0 spiro atoms. The maximum absolute atomic E-state index is 12.7. The van der Waals surface area contributed by atoms with E-state index >= 15 is 0 Å². The first-order chi connectivity index (χ1) is 9.34. The predicted molar refractivity (Wildman–Crippen MR) is 67.9 cm³/mol. The number of benzene rings is 2. The van der Waals surface area contributed by atoms with Crippen molar-refractivity contribution in [1.82, 2.24) is 4.98 Å². The molecule has 1 aromatic carbocycles. The van der Waals surface area contributed by atoms with Gasteiger partial charge in [-0.05, 0) is 23.6 Å². The molecule has 0 aromatic heterocycles. The average Bonchev–Trinajstić information content (AvgIpc) is 2.35. The summed E-state index contributed by atoms with van der Waals surface area (Å²) in [5.41, 5.74) is -0.310. The molecule has 6 heteroatoms. The van der Waals surface area contributed by atoms with Gasteiger partial charge in [-0.15, -0.1) is 0 Å². The highest BCUT2D eigenvalue weighted by molar-refractivity contribution is 5.86. The van der Waals surface area contributed by atoms with Gasteiger partial charge in [-0.3, -0.25) is 4.79 Å². The molecule has 0 bridgehead atoms.